The molecule has 2 amide bonds. The molecule has 0 aliphatic heterocycles. The minimum atomic E-state index is -0.657. The molecule has 6 heteroatoms. The van der Waals surface area contributed by atoms with Crippen LogP contribution in [0.15, 0.2) is 34.7 Å². The molecule has 1 aromatic carbocycles. The van der Waals surface area contributed by atoms with Crippen LogP contribution in [-0.2, 0) is 6.54 Å². The summed E-state index contributed by atoms with van der Waals surface area (Å²) in [7, 11) is 0. The molecule has 0 saturated heterocycles. The molecular weight excluding hydrogens is 350 g/mol. The average molecular weight is 374 g/mol. The average Bonchev–Trinajstić information content (AvgIpc) is 3.53. The predicted molar refractivity (Wildman–Crippen MR) is 97.1 cm³/mol. The van der Waals surface area contributed by atoms with Crippen molar-refractivity contribution >= 4 is 6.03 Å². The number of urea groups is 1. The van der Waals surface area contributed by atoms with Crippen molar-refractivity contribution in [1.29, 1.82) is 0 Å². The van der Waals surface area contributed by atoms with Gasteiger partial charge in [0.05, 0.1) is 12.6 Å². The van der Waals surface area contributed by atoms with Crippen molar-refractivity contribution in [3.8, 4) is 0 Å². The summed E-state index contributed by atoms with van der Waals surface area (Å²) in [5.41, 5.74) is 0.267. The Morgan fingerprint density at radius 1 is 1.30 bits per heavy atom. The maximum atomic E-state index is 14.0. The number of furan rings is 1. The number of nitrogens with zero attached hydrogens (tertiary/aromatic N) is 1. The van der Waals surface area contributed by atoms with Gasteiger partial charge in [0, 0.05) is 23.6 Å². The Kier molecular flexibility index (Phi) is 4.66. The summed E-state index contributed by atoms with van der Waals surface area (Å²) in [6.45, 7) is 4.29. The first-order chi connectivity index (χ1) is 12.9. The Morgan fingerprint density at radius 2 is 2.04 bits per heavy atom. The van der Waals surface area contributed by atoms with Crippen LogP contribution in [0.4, 0.5) is 13.6 Å². The fourth-order valence-corrected chi connectivity index (χ4v) is 3.52. The molecule has 144 valence electrons. The molecule has 2 saturated carbocycles. The summed E-state index contributed by atoms with van der Waals surface area (Å²) in [4.78, 5) is 14.5. The van der Waals surface area contributed by atoms with Crippen molar-refractivity contribution in [2.45, 2.75) is 57.7 Å². The minimum absolute atomic E-state index is 0.184. The van der Waals surface area contributed by atoms with E-state index in [-0.39, 0.29) is 17.6 Å². The van der Waals surface area contributed by atoms with Crippen LogP contribution in [0, 0.1) is 17.6 Å². The van der Waals surface area contributed by atoms with Crippen molar-refractivity contribution in [3.05, 3.63) is 59.1 Å². The van der Waals surface area contributed by atoms with Crippen LogP contribution in [-0.4, -0.2) is 17.0 Å². The first kappa shape index (κ1) is 18.0. The monoisotopic (exact) mass is 374 g/mol. The number of nitrogens with one attached hydrogen (secondary N) is 1. The van der Waals surface area contributed by atoms with Gasteiger partial charge in [0.1, 0.15) is 23.2 Å². The highest BCUT2D eigenvalue weighted by Gasteiger charge is 2.37. The lowest BCUT2D eigenvalue weighted by Gasteiger charge is -2.24. The molecule has 1 aromatic heterocycles. The minimum Gasteiger partial charge on any atom is -0.464 e. The van der Waals surface area contributed by atoms with Crippen LogP contribution in [0.5, 0.6) is 0 Å². The van der Waals surface area contributed by atoms with E-state index in [9.17, 15) is 13.6 Å². The fraction of sp³-hybridized carbons (Fsp3) is 0.476. The lowest BCUT2D eigenvalue weighted by molar-refractivity contribution is 0.183. The maximum absolute atomic E-state index is 14.0. The molecule has 0 radical (unpaired) electrons. The summed E-state index contributed by atoms with van der Waals surface area (Å²) < 4.78 is 33.0. The zero-order valence-electron chi connectivity index (χ0n) is 15.5. The van der Waals surface area contributed by atoms with Gasteiger partial charge in [-0.05, 0) is 50.3 Å². The lowest BCUT2D eigenvalue weighted by atomic mass is 10.1. The van der Waals surface area contributed by atoms with E-state index in [4.69, 9.17) is 4.42 Å². The van der Waals surface area contributed by atoms with Gasteiger partial charge >= 0.3 is 6.03 Å². The van der Waals surface area contributed by atoms with Gasteiger partial charge in [0.25, 0.3) is 0 Å². The molecule has 2 fully saturated rings. The highest BCUT2D eigenvalue weighted by atomic mass is 19.1. The van der Waals surface area contributed by atoms with E-state index in [0.717, 1.165) is 36.8 Å². The summed E-state index contributed by atoms with van der Waals surface area (Å²) in [6.07, 6.45) is 3.07. The number of benzene rings is 1. The Balaban J connectivity index is 1.42. The molecule has 0 spiro atoms. The predicted octanol–water partition coefficient (Wildman–Crippen LogP) is 5.12. The summed E-state index contributed by atoms with van der Waals surface area (Å²) >= 11 is 0. The molecule has 2 aromatic rings. The Hall–Kier alpha value is -2.37. The molecule has 1 heterocycles. The highest BCUT2D eigenvalue weighted by Crippen LogP contribution is 2.47. The maximum Gasteiger partial charge on any atom is 0.318 e. The third-order valence-electron chi connectivity index (χ3n) is 5.50. The quantitative estimate of drug-likeness (QED) is 0.763. The zero-order valence-corrected chi connectivity index (χ0v) is 15.5. The fourth-order valence-electron chi connectivity index (χ4n) is 3.52. The highest BCUT2D eigenvalue weighted by molar-refractivity contribution is 5.75. The second-order valence-electron chi connectivity index (χ2n) is 7.82. The van der Waals surface area contributed by atoms with Crippen LogP contribution in [0.3, 0.4) is 0 Å². The van der Waals surface area contributed by atoms with Crippen molar-refractivity contribution < 1.29 is 18.0 Å². The molecule has 4 rings (SSSR count). The van der Waals surface area contributed by atoms with Crippen molar-refractivity contribution in [3.63, 3.8) is 0 Å². The number of rotatable bonds is 6. The van der Waals surface area contributed by atoms with Gasteiger partial charge < -0.3 is 14.6 Å². The number of amides is 2. The molecule has 1 N–H and O–H groups in total. The van der Waals surface area contributed by atoms with Gasteiger partial charge in [0.2, 0.25) is 0 Å². The third kappa shape index (κ3) is 3.99. The number of carbonyl (C=O) groups excluding carboxylic acids is 1. The van der Waals surface area contributed by atoms with Crippen molar-refractivity contribution in [1.82, 2.24) is 10.2 Å². The molecule has 3 unspecified atom stereocenters. The third-order valence-corrected chi connectivity index (χ3v) is 5.50. The van der Waals surface area contributed by atoms with E-state index in [2.05, 4.69) is 12.2 Å². The lowest BCUT2D eigenvalue weighted by Crippen LogP contribution is -2.42. The van der Waals surface area contributed by atoms with Gasteiger partial charge in [-0.3, -0.25) is 0 Å². The smallest absolute Gasteiger partial charge is 0.318 e. The van der Waals surface area contributed by atoms with E-state index in [1.165, 1.54) is 12.1 Å². The molecule has 27 heavy (non-hydrogen) atoms. The number of hydrogen-bond donors (Lipinski definition) is 1. The Labute approximate surface area is 157 Å². The van der Waals surface area contributed by atoms with Crippen molar-refractivity contribution in [2.24, 2.45) is 5.92 Å². The SMILES string of the molecule is CC(NC(=O)N(Cc1ccc(C2CC2C)o1)C1CC1)c1ccc(F)cc1F. The van der Waals surface area contributed by atoms with E-state index >= 15 is 0 Å². The van der Waals surface area contributed by atoms with E-state index in [0.29, 0.717) is 18.4 Å². The van der Waals surface area contributed by atoms with Crippen LogP contribution < -0.4 is 5.32 Å². The Morgan fingerprint density at radius 3 is 2.67 bits per heavy atom. The van der Waals surface area contributed by atoms with Crippen LogP contribution in [0.2, 0.25) is 0 Å². The molecule has 3 atom stereocenters. The standard InChI is InChI=1S/C21H24F2N2O2/c1-12-9-18(12)20-8-6-16(27-20)11-25(15-4-5-15)21(26)24-13(2)17-7-3-14(22)10-19(17)23/h3,6-8,10,12-13,15,18H,4-5,9,11H2,1-2H3,(H,24,26). The Bertz CT molecular complexity index is 846. The molecule has 2 aliphatic rings. The van der Waals surface area contributed by atoms with Gasteiger partial charge in [-0.25, -0.2) is 13.6 Å². The van der Waals surface area contributed by atoms with E-state index in [1.807, 2.05) is 12.1 Å². The largest absolute Gasteiger partial charge is 0.464 e. The summed E-state index contributed by atoms with van der Waals surface area (Å²) in [6, 6.07) is 6.71. The summed E-state index contributed by atoms with van der Waals surface area (Å²) in [5.74, 6) is 1.65. The van der Waals surface area contributed by atoms with Crippen LogP contribution in [0.25, 0.3) is 0 Å². The van der Waals surface area contributed by atoms with Crippen LogP contribution >= 0.6 is 0 Å². The van der Waals surface area contributed by atoms with E-state index in [1.54, 1.807) is 11.8 Å². The normalized spacial score (nSPS) is 22.4. The van der Waals surface area contributed by atoms with E-state index < -0.39 is 17.7 Å². The van der Waals surface area contributed by atoms with Gasteiger partial charge in [-0.2, -0.15) is 0 Å². The second kappa shape index (κ2) is 6.98. The molecular formula is C21H24F2N2O2. The van der Waals surface area contributed by atoms with Gasteiger partial charge in [-0.1, -0.05) is 13.0 Å². The first-order valence-corrected chi connectivity index (χ1v) is 9.53. The molecule has 0 bridgehead atoms. The van der Waals surface area contributed by atoms with Crippen molar-refractivity contribution in [2.75, 3.05) is 0 Å². The van der Waals surface area contributed by atoms with Gasteiger partial charge in [0.15, 0.2) is 0 Å². The van der Waals surface area contributed by atoms with Gasteiger partial charge in [-0.15, -0.1) is 0 Å². The molecule has 2 aliphatic carbocycles. The number of carbonyl (C=O) groups is 1. The molecule has 4 nitrogen and oxygen atoms in total. The second-order valence-corrected chi connectivity index (χ2v) is 7.82. The zero-order chi connectivity index (χ0) is 19.1. The summed E-state index contributed by atoms with van der Waals surface area (Å²) in [5, 5.41) is 2.83. The first-order valence-electron chi connectivity index (χ1n) is 9.53. The van der Waals surface area contributed by atoms with Crippen LogP contribution in [0.1, 0.15) is 62.2 Å². The number of hydrogen-bond acceptors (Lipinski definition) is 2. The number of halogens is 2. The topological polar surface area (TPSA) is 45.5 Å².